The second kappa shape index (κ2) is 5.17. The molecule has 0 aliphatic carbocycles. The molecule has 1 aromatic carbocycles. The van der Waals surface area contributed by atoms with Crippen LogP contribution in [0.5, 0.6) is 5.75 Å². The fourth-order valence-corrected chi connectivity index (χ4v) is 1.53. The molecule has 0 bridgehead atoms. The van der Waals surface area contributed by atoms with Crippen LogP contribution in [0.3, 0.4) is 0 Å². The topological polar surface area (TPSA) is 93.1 Å². The summed E-state index contributed by atoms with van der Waals surface area (Å²) in [5.41, 5.74) is 1.33. The summed E-state index contributed by atoms with van der Waals surface area (Å²) in [5, 5.41) is 19.6. The Bertz CT molecular complexity index is 553. The van der Waals surface area contributed by atoms with Crippen LogP contribution < -0.4 is 10.1 Å². The van der Waals surface area contributed by atoms with Gasteiger partial charge in [0.15, 0.2) is 5.69 Å². The minimum absolute atomic E-state index is 0.141. The van der Waals surface area contributed by atoms with E-state index >= 15 is 0 Å². The molecule has 7 heteroatoms. The van der Waals surface area contributed by atoms with Gasteiger partial charge in [-0.2, -0.15) is 0 Å². The number of rotatable bonds is 5. The van der Waals surface area contributed by atoms with Crippen LogP contribution in [0.25, 0.3) is 0 Å². The highest BCUT2D eigenvalue weighted by Gasteiger charge is 2.13. The molecule has 0 atom stereocenters. The van der Waals surface area contributed by atoms with Crippen LogP contribution in [-0.2, 0) is 6.54 Å². The first-order valence-electron chi connectivity index (χ1n) is 5.25. The van der Waals surface area contributed by atoms with E-state index in [1.54, 1.807) is 7.11 Å². The summed E-state index contributed by atoms with van der Waals surface area (Å²) in [5.74, 6) is 0.605. The number of nitro groups is 1. The molecule has 0 spiro atoms. The quantitative estimate of drug-likeness (QED) is 0.623. The molecule has 0 radical (unpaired) electrons. The van der Waals surface area contributed by atoms with Crippen LogP contribution in [0.1, 0.15) is 5.56 Å². The Kier molecular flexibility index (Phi) is 3.42. The Morgan fingerprint density at radius 2 is 2.39 bits per heavy atom. The normalized spacial score (nSPS) is 10.1. The van der Waals surface area contributed by atoms with E-state index in [9.17, 15) is 10.1 Å². The number of aromatic nitrogens is 2. The maximum atomic E-state index is 10.7. The SMILES string of the molecule is COc1cccc(CNc2cn[nH]c2[N+](=O)[O-])c1. The van der Waals surface area contributed by atoms with Gasteiger partial charge in [-0.1, -0.05) is 17.2 Å². The van der Waals surface area contributed by atoms with Crippen molar-refractivity contribution < 1.29 is 9.66 Å². The Morgan fingerprint density at radius 3 is 3.11 bits per heavy atom. The Morgan fingerprint density at radius 1 is 1.56 bits per heavy atom. The average Bonchev–Trinajstić information content (AvgIpc) is 2.85. The van der Waals surface area contributed by atoms with E-state index in [1.165, 1.54) is 6.20 Å². The zero-order valence-electron chi connectivity index (χ0n) is 9.71. The third-order valence-corrected chi connectivity index (χ3v) is 2.42. The number of ether oxygens (including phenoxy) is 1. The summed E-state index contributed by atoms with van der Waals surface area (Å²) in [7, 11) is 1.59. The summed E-state index contributed by atoms with van der Waals surface area (Å²) in [6.07, 6.45) is 1.39. The van der Waals surface area contributed by atoms with Gasteiger partial charge in [-0.3, -0.25) is 0 Å². The Hall–Kier alpha value is -2.57. The molecule has 2 N–H and O–H groups in total. The molecule has 2 aromatic rings. The number of nitrogens with one attached hydrogen (secondary N) is 2. The van der Waals surface area contributed by atoms with Crippen molar-refractivity contribution in [2.45, 2.75) is 6.54 Å². The molecule has 0 saturated heterocycles. The molecule has 2 rings (SSSR count). The molecule has 1 heterocycles. The zero-order chi connectivity index (χ0) is 13.0. The van der Waals surface area contributed by atoms with Crippen LogP contribution >= 0.6 is 0 Å². The Balaban J connectivity index is 2.06. The van der Waals surface area contributed by atoms with Gasteiger partial charge < -0.3 is 20.2 Å². The number of benzene rings is 1. The zero-order valence-corrected chi connectivity index (χ0v) is 9.71. The predicted octanol–water partition coefficient (Wildman–Crippen LogP) is 1.94. The van der Waals surface area contributed by atoms with E-state index in [4.69, 9.17) is 4.74 Å². The number of nitrogens with zero attached hydrogens (tertiary/aromatic N) is 2. The lowest BCUT2D eigenvalue weighted by Gasteiger charge is -2.06. The highest BCUT2D eigenvalue weighted by atomic mass is 16.6. The van der Waals surface area contributed by atoms with E-state index in [0.717, 1.165) is 11.3 Å². The highest BCUT2D eigenvalue weighted by molar-refractivity contribution is 5.55. The monoisotopic (exact) mass is 248 g/mol. The molecule has 0 fully saturated rings. The number of methoxy groups -OCH3 is 1. The van der Waals surface area contributed by atoms with Crippen LogP contribution in [0, 0.1) is 10.1 Å². The predicted molar refractivity (Wildman–Crippen MR) is 65.6 cm³/mol. The van der Waals surface area contributed by atoms with Crippen LogP contribution in [-0.4, -0.2) is 22.2 Å². The molecule has 1 aromatic heterocycles. The van der Waals surface area contributed by atoms with E-state index in [-0.39, 0.29) is 5.82 Å². The third-order valence-electron chi connectivity index (χ3n) is 2.42. The van der Waals surface area contributed by atoms with Gasteiger partial charge in [-0.25, -0.2) is 0 Å². The molecule has 94 valence electrons. The van der Waals surface area contributed by atoms with Crippen molar-refractivity contribution in [3.63, 3.8) is 0 Å². The number of hydrogen-bond acceptors (Lipinski definition) is 5. The fourth-order valence-electron chi connectivity index (χ4n) is 1.53. The van der Waals surface area contributed by atoms with Gasteiger partial charge in [0.1, 0.15) is 11.9 Å². The first kappa shape index (κ1) is 11.9. The second-order valence-corrected chi connectivity index (χ2v) is 3.59. The lowest BCUT2D eigenvalue weighted by Crippen LogP contribution is -2.01. The summed E-state index contributed by atoms with van der Waals surface area (Å²) < 4.78 is 5.10. The van der Waals surface area contributed by atoms with Gasteiger partial charge in [-0.15, -0.1) is 5.10 Å². The van der Waals surface area contributed by atoms with E-state index in [1.807, 2.05) is 24.3 Å². The number of H-pyrrole nitrogens is 1. The smallest absolute Gasteiger partial charge is 0.366 e. The number of aromatic amines is 1. The molecule has 0 amide bonds. The van der Waals surface area contributed by atoms with Crippen molar-refractivity contribution >= 4 is 11.5 Å². The van der Waals surface area contributed by atoms with Gasteiger partial charge in [0.2, 0.25) is 0 Å². The van der Waals surface area contributed by atoms with Gasteiger partial charge in [0.25, 0.3) is 0 Å². The maximum Gasteiger partial charge on any atom is 0.366 e. The first-order chi connectivity index (χ1) is 8.70. The van der Waals surface area contributed by atoms with Gasteiger partial charge in [-0.05, 0) is 22.6 Å². The molecule has 18 heavy (non-hydrogen) atoms. The largest absolute Gasteiger partial charge is 0.497 e. The van der Waals surface area contributed by atoms with Crippen LogP contribution in [0.2, 0.25) is 0 Å². The molecule has 0 aliphatic heterocycles. The lowest BCUT2D eigenvalue weighted by atomic mass is 10.2. The summed E-state index contributed by atoms with van der Waals surface area (Å²) in [6, 6.07) is 7.46. The highest BCUT2D eigenvalue weighted by Crippen LogP contribution is 2.21. The van der Waals surface area contributed by atoms with Crippen molar-refractivity contribution in [2.24, 2.45) is 0 Å². The van der Waals surface area contributed by atoms with Gasteiger partial charge in [0, 0.05) is 6.54 Å². The summed E-state index contributed by atoms with van der Waals surface area (Å²) >= 11 is 0. The van der Waals surface area contributed by atoms with E-state index in [2.05, 4.69) is 15.5 Å². The lowest BCUT2D eigenvalue weighted by molar-refractivity contribution is -0.388. The minimum Gasteiger partial charge on any atom is -0.497 e. The molecule has 7 nitrogen and oxygen atoms in total. The Labute approximate surface area is 103 Å². The van der Waals surface area contributed by atoms with Crippen LogP contribution in [0.15, 0.2) is 30.5 Å². The van der Waals surface area contributed by atoms with Gasteiger partial charge in [0.05, 0.1) is 7.11 Å². The molecule has 0 aliphatic rings. The average molecular weight is 248 g/mol. The number of anilines is 1. The second-order valence-electron chi connectivity index (χ2n) is 3.59. The third kappa shape index (κ3) is 2.57. The van der Waals surface area contributed by atoms with Crippen molar-refractivity contribution in [3.05, 3.63) is 46.1 Å². The summed E-state index contributed by atoms with van der Waals surface area (Å²) in [6.45, 7) is 0.456. The van der Waals surface area contributed by atoms with Crippen molar-refractivity contribution in [2.75, 3.05) is 12.4 Å². The van der Waals surface area contributed by atoms with Crippen molar-refractivity contribution in [1.29, 1.82) is 0 Å². The van der Waals surface area contributed by atoms with Gasteiger partial charge >= 0.3 is 5.82 Å². The molecule has 0 unspecified atom stereocenters. The molecular formula is C11H12N4O3. The van der Waals surface area contributed by atoms with Crippen LogP contribution in [0.4, 0.5) is 11.5 Å². The molecular weight excluding hydrogens is 236 g/mol. The maximum absolute atomic E-state index is 10.7. The van der Waals surface area contributed by atoms with Crippen molar-refractivity contribution in [1.82, 2.24) is 10.2 Å². The van der Waals surface area contributed by atoms with E-state index < -0.39 is 4.92 Å². The minimum atomic E-state index is -0.513. The number of hydrogen-bond donors (Lipinski definition) is 2. The molecule has 0 saturated carbocycles. The fraction of sp³-hybridized carbons (Fsp3) is 0.182. The summed E-state index contributed by atoms with van der Waals surface area (Å²) in [4.78, 5) is 10.2. The van der Waals surface area contributed by atoms with Crippen molar-refractivity contribution in [3.8, 4) is 5.75 Å². The first-order valence-corrected chi connectivity index (χ1v) is 5.25. The standard InChI is InChI=1S/C11H12N4O3/c1-18-9-4-2-3-8(5-9)6-12-10-7-13-14-11(10)15(16)17/h2-5,7,12H,6H2,1H3,(H,13,14). The van der Waals surface area contributed by atoms with E-state index in [0.29, 0.717) is 12.2 Å².